The van der Waals surface area contributed by atoms with Crippen molar-refractivity contribution >= 4 is 11.6 Å². The van der Waals surface area contributed by atoms with Crippen molar-refractivity contribution in [2.24, 2.45) is 5.73 Å². The van der Waals surface area contributed by atoms with Gasteiger partial charge in [-0.2, -0.15) is 0 Å². The van der Waals surface area contributed by atoms with Crippen LogP contribution in [-0.4, -0.2) is 50.4 Å². The molecule has 4 nitrogen and oxygen atoms in total. The lowest BCUT2D eigenvalue weighted by Gasteiger charge is -2.39. The average Bonchev–Trinajstić information content (AvgIpc) is 2.34. The number of rotatable bonds is 7. The Morgan fingerprint density at radius 2 is 2.05 bits per heavy atom. The van der Waals surface area contributed by atoms with Crippen LogP contribution in [-0.2, 0) is 4.74 Å². The minimum absolute atomic E-state index is 0.126. The number of halogens is 1. The van der Waals surface area contributed by atoms with Gasteiger partial charge in [-0.25, -0.2) is 0 Å². The number of methoxy groups -OCH3 is 1. The lowest BCUT2D eigenvalue weighted by Crippen LogP contribution is -2.54. The van der Waals surface area contributed by atoms with Crippen molar-refractivity contribution in [3.8, 4) is 5.75 Å². The Bertz CT molecular complexity index is 380. The summed E-state index contributed by atoms with van der Waals surface area (Å²) in [5, 5.41) is 0.731. The van der Waals surface area contributed by atoms with Gasteiger partial charge < -0.3 is 15.2 Å². The van der Waals surface area contributed by atoms with Gasteiger partial charge in [0.25, 0.3) is 0 Å². The van der Waals surface area contributed by atoms with E-state index in [1.807, 2.05) is 24.3 Å². The molecular formula is C14H21ClN2O2. The third kappa shape index (κ3) is 4.66. The topological polar surface area (TPSA) is 47.7 Å². The second kappa shape index (κ2) is 7.10. The molecule has 1 saturated heterocycles. The standard InChI is InChI=1S/C14H21ClN2O2/c1-18-10-12(16)6-7-17-8-14(9-17)19-13-4-2-11(15)3-5-13/h2-5,12,14H,6-10,16H2,1H3/t12-/m0/s1. The molecule has 0 unspecified atom stereocenters. The van der Waals surface area contributed by atoms with E-state index in [0.717, 1.165) is 36.8 Å². The van der Waals surface area contributed by atoms with E-state index in [4.69, 9.17) is 26.8 Å². The molecule has 1 aromatic carbocycles. The molecule has 0 aromatic heterocycles. The van der Waals surface area contributed by atoms with Crippen LogP contribution in [0.1, 0.15) is 6.42 Å². The lowest BCUT2D eigenvalue weighted by atomic mass is 10.1. The van der Waals surface area contributed by atoms with Crippen molar-refractivity contribution in [3.05, 3.63) is 29.3 Å². The molecule has 1 atom stereocenters. The predicted molar refractivity (Wildman–Crippen MR) is 76.8 cm³/mol. The van der Waals surface area contributed by atoms with Crippen molar-refractivity contribution in [1.29, 1.82) is 0 Å². The Morgan fingerprint density at radius 1 is 1.37 bits per heavy atom. The van der Waals surface area contributed by atoms with Gasteiger partial charge in [-0.05, 0) is 30.7 Å². The number of likely N-dealkylation sites (tertiary alicyclic amines) is 1. The molecule has 2 rings (SSSR count). The molecule has 1 aromatic rings. The van der Waals surface area contributed by atoms with Crippen molar-refractivity contribution in [2.45, 2.75) is 18.6 Å². The summed E-state index contributed by atoms with van der Waals surface area (Å²) in [5.74, 6) is 0.880. The Labute approximate surface area is 119 Å². The zero-order valence-electron chi connectivity index (χ0n) is 11.2. The van der Waals surface area contributed by atoms with Crippen LogP contribution in [0.25, 0.3) is 0 Å². The van der Waals surface area contributed by atoms with Gasteiger partial charge in [-0.3, -0.25) is 4.90 Å². The normalized spacial score (nSPS) is 18.1. The quantitative estimate of drug-likeness (QED) is 0.829. The Hall–Kier alpha value is -0.810. The highest BCUT2D eigenvalue weighted by atomic mass is 35.5. The van der Waals surface area contributed by atoms with Gasteiger partial charge in [0.2, 0.25) is 0 Å². The molecule has 1 aliphatic heterocycles. The van der Waals surface area contributed by atoms with E-state index in [-0.39, 0.29) is 12.1 Å². The fourth-order valence-corrected chi connectivity index (χ4v) is 2.26. The van der Waals surface area contributed by atoms with Gasteiger partial charge in [0.15, 0.2) is 0 Å². The average molecular weight is 285 g/mol. The van der Waals surface area contributed by atoms with E-state index in [1.54, 1.807) is 7.11 Å². The zero-order chi connectivity index (χ0) is 13.7. The highest BCUT2D eigenvalue weighted by molar-refractivity contribution is 6.30. The summed E-state index contributed by atoms with van der Waals surface area (Å²) in [6, 6.07) is 7.62. The highest BCUT2D eigenvalue weighted by Gasteiger charge is 2.28. The smallest absolute Gasteiger partial charge is 0.124 e. The Balaban J connectivity index is 1.62. The summed E-state index contributed by atoms with van der Waals surface area (Å²) < 4.78 is 10.9. The molecule has 0 amide bonds. The van der Waals surface area contributed by atoms with E-state index < -0.39 is 0 Å². The molecule has 0 radical (unpaired) electrons. The first-order valence-electron chi connectivity index (χ1n) is 6.56. The van der Waals surface area contributed by atoms with Gasteiger partial charge in [-0.15, -0.1) is 0 Å². The van der Waals surface area contributed by atoms with Crippen LogP contribution in [0.2, 0.25) is 5.02 Å². The first-order valence-corrected chi connectivity index (χ1v) is 6.94. The molecule has 106 valence electrons. The second-order valence-corrected chi connectivity index (χ2v) is 5.39. The summed E-state index contributed by atoms with van der Waals surface area (Å²) in [5.41, 5.74) is 5.89. The third-order valence-corrected chi connectivity index (χ3v) is 3.49. The molecule has 0 saturated carbocycles. The van der Waals surface area contributed by atoms with Crippen molar-refractivity contribution in [2.75, 3.05) is 33.4 Å². The lowest BCUT2D eigenvalue weighted by molar-refractivity contribution is 0.0169. The molecule has 5 heteroatoms. The monoisotopic (exact) mass is 284 g/mol. The Kier molecular flexibility index (Phi) is 5.45. The number of nitrogens with two attached hydrogens (primary N) is 1. The zero-order valence-corrected chi connectivity index (χ0v) is 12.0. The number of hydrogen-bond donors (Lipinski definition) is 1. The minimum atomic E-state index is 0.126. The first kappa shape index (κ1) is 14.6. The van der Waals surface area contributed by atoms with Crippen LogP contribution in [0.5, 0.6) is 5.75 Å². The van der Waals surface area contributed by atoms with Gasteiger partial charge in [0, 0.05) is 37.8 Å². The second-order valence-electron chi connectivity index (χ2n) is 4.96. The molecule has 2 N–H and O–H groups in total. The number of ether oxygens (including phenoxy) is 2. The molecule has 19 heavy (non-hydrogen) atoms. The summed E-state index contributed by atoms with van der Waals surface area (Å²) in [7, 11) is 1.68. The van der Waals surface area contributed by atoms with E-state index >= 15 is 0 Å². The number of hydrogen-bond acceptors (Lipinski definition) is 4. The van der Waals surface area contributed by atoms with Crippen LogP contribution in [0.15, 0.2) is 24.3 Å². The van der Waals surface area contributed by atoms with Gasteiger partial charge in [0.05, 0.1) is 6.61 Å². The minimum Gasteiger partial charge on any atom is -0.488 e. The molecule has 1 heterocycles. The largest absolute Gasteiger partial charge is 0.488 e. The molecule has 1 fully saturated rings. The van der Waals surface area contributed by atoms with E-state index in [1.165, 1.54) is 0 Å². The molecule has 1 aliphatic rings. The van der Waals surface area contributed by atoms with Gasteiger partial charge >= 0.3 is 0 Å². The number of nitrogens with zero attached hydrogens (tertiary/aromatic N) is 1. The third-order valence-electron chi connectivity index (χ3n) is 3.24. The van der Waals surface area contributed by atoms with Crippen molar-refractivity contribution in [1.82, 2.24) is 4.90 Å². The predicted octanol–water partition coefficient (Wildman–Crippen LogP) is 1.77. The molecule has 0 aliphatic carbocycles. The van der Waals surface area contributed by atoms with Crippen molar-refractivity contribution < 1.29 is 9.47 Å². The Morgan fingerprint density at radius 3 is 2.68 bits per heavy atom. The summed E-state index contributed by atoms with van der Waals surface area (Å²) in [6.07, 6.45) is 1.24. The fraction of sp³-hybridized carbons (Fsp3) is 0.571. The fourth-order valence-electron chi connectivity index (χ4n) is 2.13. The van der Waals surface area contributed by atoms with Crippen LogP contribution in [0.4, 0.5) is 0 Å². The van der Waals surface area contributed by atoms with E-state index in [2.05, 4.69) is 4.90 Å². The maximum atomic E-state index is 5.89. The van der Waals surface area contributed by atoms with Crippen molar-refractivity contribution in [3.63, 3.8) is 0 Å². The van der Waals surface area contributed by atoms with Gasteiger partial charge in [-0.1, -0.05) is 11.6 Å². The summed E-state index contributed by atoms with van der Waals surface area (Å²) >= 11 is 5.83. The number of benzene rings is 1. The van der Waals surface area contributed by atoms with E-state index in [0.29, 0.717) is 6.61 Å². The molecule has 0 bridgehead atoms. The van der Waals surface area contributed by atoms with Crippen LogP contribution >= 0.6 is 11.6 Å². The SMILES string of the molecule is COC[C@@H](N)CCN1CC(Oc2ccc(Cl)cc2)C1. The summed E-state index contributed by atoms with van der Waals surface area (Å²) in [6.45, 7) is 3.55. The van der Waals surface area contributed by atoms with Crippen LogP contribution < -0.4 is 10.5 Å². The van der Waals surface area contributed by atoms with Gasteiger partial charge in [0.1, 0.15) is 11.9 Å². The maximum absolute atomic E-state index is 5.89. The first-order chi connectivity index (χ1) is 9.17. The van der Waals surface area contributed by atoms with E-state index in [9.17, 15) is 0 Å². The highest BCUT2D eigenvalue weighted by Crippen LogP contribution is 2.20. The molecular weight excluding hydrogens is 264 g/mol. The van der Waals surface area contributed by atoms with Crippen LogP contribution in [0, 0.1) is 0 Å². The maximum Gasteiger partial charge on any atom is 0.124 e. The summed E-state index contributed by atoms with van der Waals surface area (Å²) in [4.78, 5) is 2.34. The van der Waals surface area contributed by atoms with Crippen LogP contribution in [0.3, 0.4) is 0 Å². The molecule has 0 spiro atoms.